The standard InChI is InChI=1S/C27H25BrN6O2/c1-17-4-6-19(7-5-17)14-33-15-23(28)26(32-33)30-24(35)16-34-27-25(18(2)31-34)22(12-13-29-27)20-8-10-21(36-3)11-9-20/h4-13,15H,14,16H2,1-3H3,(H,30,32,35). The molecule has 9 heteroatoms. The second-order valence-electron chi connectivity index (χ2n) is 8.59. The Morgan fingerprint density at radius 1 is 1.03 bits per heavy atom. The summed E-state index contributed by atoms with van der Waals surface area (Å²) in [7, 11) is 1.64. The molecule has 1 N–H and O–H groups in total. The minimum absolute atomic E-state index is 0.0146. The Bertz CT molecular complexity index is 1540. The van der Waals surface area contributed by atoms with Crippen molar-refractivity contribution in [3.63, 3.8) is 0 Å². The molecule has 0 aliphatic heterocycles. The lowest BCUT2D eigenvalue weighted by molar-refractivity contribution is -0.116. The zero-order chi connectivity index (χ0) is 25.2. The van der Waals surface area contributed by atoms with Crippen LogP contribution in [0.5, 0.6) is 5.75 Å². The Hall–Kier alpha value is -3.98. The number of amides is 1. The van der Waals surface area contributed by atoms with Gasteiger partial charge in [0, 0.05) is 17.8 Å². The minimum Gasteiger partial charge on any atom is -0.497 e. The molecule has 0 atom stereocenters. The first-order valence-electron chi connectivity index (χ1n) is 11.5. The van der Waals surface area contributed by atoms with Crippen LogP contribution in [0.25, 0.3) is 22.2 Å². The number of nitrogens with one attached hydrogen (secondary N) is 1. The van der Waals surface area contributed by atoms with Crippen molar-refractivity contribution in [3.05, 3.63) is 88.3 Å². The van der Waals surface area contributed by atoms with Crippen molar-refractivity contribution >= 4 is 38.7 Å². The lowest BCUT2D eigenvalue weighted by Crippen LogP contribution is -2.20. The molecule has 3 heterocycles. The van der Waals surface area contributed by atoms with Crippen molar-refractivity contribution in [2.75, 3.05) is 12.4 Å². The van der Waals surface area contributed by atoms with Gasteiger partial charge in [0.15, 0.2) is 11.5 Å². The summed E-state index contributed by atoms with van der Waals surface area (Å²) in [4.78, 5) is 17.5. The quantitative estimate of drug-likeness (QED) is 0.297. The fourth-order valence-electron chi connectivity index (χ4n) is 4.15. The Morgan fingerprint density at radius 3 is 2.50 bits per heavy atom. The summed E-state index contributed by atoms with van der Waals surface area (Å²) in [5.74, 6) is 1.02. The van der Waals surface area contributed by atoms with Crippen LogP contribution < -0.4 is 10.1 Å². The molecule has 5 rings (SSSR count). The smallest absolute Gasteiger partial charge is 0.247 e. The molecule has 0 saturated carbocycles. The van der Waals surface area contributed by atoms with Gasteiger partial charge in [-0.3, -0.25) is 9.48 Å². The molecular formula is C27H25BrN6O2. The number of aryl methyl sites for hydroxylation is 2. The first-order valence-corrected chi connectivity index (χ1v) is 12.3. The number of fused-ring (bicyclic) bond motifs is 1. The maximum atomic E-state index is 12.9. The first-order chi connectivity index (χ1) is 17.4. The number of pyridine rings is 1. The SMILES string of the molecule is COc1ccc(-c2ccnc3c2c(C)nn3CC(=O)Nc2nn(Cc3ccc(C)cc3)cc2Br)cc1. The van der Waals surface area contributed by atoms with Crippen LogP contribution in [-0.2, 0) is 17.9 Å². The monoisotopic (exact) mass is 544 g/mol. The normalized spacial score (nSPS) is 11.1. The summed E-state index contributed by atoms with van der Waals surface area (Å²) in [6, 6.07) is 18.1. The molecule has 0 unspecified atom stereocenters. The maximum Gasteiger partial charge on any atom is 0.247 e. The van der Waals surface area contributed by atoms with Crippen molar-refractivity contribution in [2.45, 2.75) is 26.9 Å². The average molecular weight is 545 g/mol. The second-order valence-corrected chi connectivity index (χ2v) is 9.44. The van der Waals surface area contributed by atoms with E-state index in [1.807, 2.05) is 43.5 Å². The molecule has 0 saturated heterocycles. The van der Waals surface area contributed by atoms with Gasteiger partial charge in [0.25, 0.3) is 0 Å². The van der Waals surface area contributed by atoms with Crippen LogP contribution in [0.2, 0.25) is 0 Å². The van der Waals surface area contributed by atoms with Gasteiger partial charge in [-0.15, -0.1) is 0 Å². The van der Waals surface area contributed by atoms with Crippen LogP contribution in [0, 0.1) is 13.8 Å². The number of nitrogens with zero attached hydrogens (tertiary/aromatic N) is 5. The van der Waals surface area contributed by atoms with E-state index in [1.54, 1.807) is 22.7 Å². The molecule has 0 radical (unpaired) electrons. The Morgan fingerprint density at radius 2 is 1.78 bits per heavy atom. The summed E-state index contributed by atoms with van der Waals surface area (Å²) in [5.41, 5.74) is 5.83. The zero-order valence-corrected chi connectivity index (χ0v) is 21.8. The summed E-state index contributed by atoms with van der Waals surface area (Å²) in [6.45, 7) is 4.60. The number of benzene rings is 2. The van der Waals surface area contributed by atoms with Gasteiger partial charge in [-0.2, -0.15) is 10.2 Å². The summed E-state index contributed by atoms with van der Waals surface area (Å²) < 4.78 is 9.41. The highest BCUT2D eigenvalue weighted by molar-refractivity contribution is 9.10. The molecule has 182 valence electrons. The number of ether oxygens (including phenoxy) is 1. The van der Waals surface area contributed by atoms with Crippen LogP contribution >= 0.6 is 15.9 Å². The maximum absolute atomic E-state index is 12.9. The van der Waals surface area contributed by atoms with Crippen molar-refractivity contribution in [1.29, 1.82) is 0 Å². The van der Waals surface area contributed by atoms with Crippen LogP contribution in [0.4, 0.5) is 5.82 Å². The molecule has 0 fully saturated rings. The predicted octanol–water partition coefficient (Wildman–Crippen LogP) is 5.37. The highest BCUT2D eigenvalue weighted by Crippen LogP contribution is 2.31. The average Bonchev–Trinajstić information content (AvgIpc) is 3.38. The van der Waals surface area contributed by atoms with E-state index < -0.39 is 0 Å². The molecular weight excluding hydrogens is 520 g/mol. The molecule has 5 aromatic rings. The van der Waals surface area contributed by atoms with Crippen molar-refractivity contribution in [3.8, 4) is 16.9 Å². The molecule has 8 nitrogen and oxygen atoms in total. The third-order valence-corrected chi connectivity index (χ3v) is 6.52. The Labute approximate surface area is 217 Å². The van der Waals surface area contributed by atoms with Gasteiger partial charge in [0.2, 0.25) is 5.91 Å². The Kier molecular flexibility index (Phi) is 6.56. The molecule has 1 amide bonds. The lowest BCUT2D eigenvalue weighted by Gasteiger charge is -2.07. The van der Waals surface area contributed by atoms with Gasteiger partial charge in [-0.1, -0.05) is 42.0 Å². The number of halogens is 1. The number of methoxy groups -OCH3 is 1. The van der Waals surface area contributed by atoms with Crippen molar-refractivity contribution in [2.24, 2.45) is 0 Å². The van der Waals surface area contributed by atoms with E-state index in [-0.39, 0.29) is 12.5 Å². The number of carbonyl (C=O) groups excluding carboxylic acids is 1. The molecule has 2 aromatic carbocycles. The van der Waals surface area contributed by atoms with Gasteiger partial charge in [0.05, 0.1) is 23.8 Å². The fraction of sp³-hybridized carbons (Fsp3) is 0.185. The third kappa shape index (κ3) is 4.87. The topological polar surface area (TPSA) is 86.9 Å². The molecule has 0 aliphatic rings. The summed E-state index contributed by atoms with van der Waals surface area (Å²) in [6.07, 6.45) is 3.59. The van der Waals surface area contributed by atoms with Crippen LogP contribution in [-0.4, -0.2) is 37.6 Å². The molecule has 0 aliphatic carbocycles. The largest absolute Gasteiger partial charge is 0.497 e. The molecule has 3 aromatic heterocycles. The van der Waals surface area contributed by atoms with Gasteiger partial charge >= 0.3 is 0 Å². The number of aromatic nitrogens is 5. The highest BCUT2D eigenvalue weighted by atomic mass is 79.9. The van der Waals surface area contributed by atoms with E-state index in [0.717, 1.165) is 33.5 Å². The van der Waals surface area contributed by atoms with Crippen molar-refractivity contribution < 1.29 is 9.53 Å². The fourth-order valence-corrected chi connectivity index (χ4v) is 4.57. The molecule has 0 spiro atoms. The number of carbonyl (C=O) groups is 1. The third-order valence-electron chi connectivity index (χ3n) is 5.94. The lowest BCUT2D eigenvalue weighted by atomic mass is 10.0. The van der Waals surface area contributed by atoms with Crippen molar-refractivity contribution in [1.82, 2.24) is 24.5 Å². The summed E-state index contributed by atoms with van der Waals surface area (Å²) in [5, 5.41) is 12.9. The van der Waals surface area contributed by atoms with Gasteiger partial charge in [0.1, 0.15) is 12.3 Å². The van der Waals surface area contributed by atoms with E-state index in [9.17, 15) is 4.79 Å². The minimum atomic E-state index is -0.239. The van der Waals surface area contributed by atoms with Gasteiger partial charge in [-0.25, -0.2) is 9.67 Å². The molecule has 36 heavy (non-hydrogen) atoms. The van der Waals surface area contributed by atoms with E-state index in [4.69, 9.17) is 4.74 Å². The zero-order valence-electron chi connectivity index (χ0n) is 20.2. The number of rotatable bonds is 7. The van der Waals surface area contributed by atoms with E-state index >= 15 is 0 Å². The number of hydrogen-bond donors (Lipinski definition) is 1. The van der Waals surface area contributed by atoms with E-state index in [2.05, 4.69) is 67.6 Å². The van der Waals surface area contributed by atoms with Crippen LogP contribution in [0.3, 0.4) is 0 Å². The Balaban J connectivity index is 1.35. The van der Waals surface area contributed by atoms with E-state index in [1.165, 1.54) is 5.56 Å². The number of anilines is 1. The van der Waals surface area contributed by atoms with Gasteiger partial charge in [-0.05, 0) is 64.7 Å². The van der Waals surface area contributed by atoms with Gasteiger partial charge < -0.3 is 10.1 Å². The van der Waals surface area contributed by atoms with Crippen LogP contribution in [0.15, 0.2) is 71.5 Å². The number of hydrogen-bond acceptors (Lipinski definition) is 5. The molecule has 0 bridgehead atoms. The highest BCUT2D eigenvalue weighted by Gasteiger charge is 2.17. The second kappa shape index (κ2) is 9.94. The van der Waals surface area contributed by atoms with Crippen LogP contribution in [0.1, 0.15) is 16.8 Å². The summed E-state index contributed by atoms with van der Waals surface area (Å²) >= 11 is 3.50. The predicted molar refractivity (Wildman–Crippen MR) is 143 cm³/mol. The first kappa shape index (κ1) is 23.7. The van der Waals surface area contributed by atoms with E-state index in [0.29, 0.717) is 22.5 Å².